The molecule has 0 aromatic rings. The summed E-state index contributed by atoms with van der Waals surface area (Å²) in [4.78, 5) is 23.2. The zero-order chi connectivity index (χ0) is 17.1. The van der Waals surface area contributed by atoms with Crippen LogP contribution in [-0.2, 0) is 14.3 Å². The van der Waals surface area contributed by atoms with Crippen molar-refractivity contribution in [3.63, 3.8) is 0 Å². The van der Waals surface area contributed by atoms with Crippen LogP contribution in [0.2, 0.25) is 0 Å². The van der Waals surface area contributed by atoms with E-state index in [2.05, 4.69) is 16.6 Å². The summed E-state index contributed by atoms with van der Waals surface area (Å²) in [5.41, 5.74) is 0. The lowest BCUT2D eigenvalue weighted by molar-refractivity contribution is -0.124. The molecule has 5 heteroatoms. The van der Waals surface area contributed by atoms with Crippen molar-refractivity contribution in [3.05, 3.63) is 11.8 Å². The summed E-state index contributed by atoms with van der Waals surface area (Å²) >= 11 is 0. The fourth-order valence-corrected chi connectivity index (χ4v) is 2.60. The lowest BCUT2D eigenvalue weighted by Gasteiger charge is -2.15. The van der Waals surface area contributed by atoms with Crippen molar-refractivity contribution in [2.24, 2.45) is 5.92 Å². The molecule has 2 atom stereocenters. The number of hydrogen-bond donors (Lipinski definition) is 2. The van der Waals surface area contributed by atoms with Gasteiger partial charge in [-0.05, 0) is 32.1 Å². The first-order valence-corrected chi connectivity index (χ1v) is 8.35. The normalized spacial score (nSPS) is 17.9. The Balaban J connectivity index is 2.08. The maximum atomic E-state index is 11.9. The lowest BCUT2D eigenvalue weighted by Crippen LogP contribution is -2.31. The number of carbonyl (C=O) groups excluding carboxylic acids is 2. The van der Waals surface area contributed by atoms with Crippen LogP contribution in [0.15, 0.2) is 11.8 Å². The summed E-state index contributed by atoms with van der Waals surface area (Å²) in [7, 11) is 1.57. The maximum absolute atomic E-state index is 11.9. The van der Waals surface area contributed by atoms with Gasteiger partial charge in [0.05, 0.1) is 13.2 Å². The smallest absolute Gasteiger partial charge is 0.248 e. The minimum Gasteiger partial charge on any atom is -0.499 e. The van der Waals surface area contributed by atoms with Crippen LogP contribution in [0.5, 0.6) is 0 Å². The number of carbonyl (C=O) groups is 2. The monoisotopic (exact) mass is 320 g/mol. The first kappa shape index (κ1) is 19.1. The topological polar surface area (TPSA) is 67.4 Å². The standard InChI is InChI=1S/C18H28N2O3/c1-4-5-6-7-10-14(2)18(22)19-12-9-8-11-15-16(23-3)13-17(21)20-15/h1,13-15H,5-12H2,2-3H3,(H,19,22)(H,20,21). The largest absolute Gasteiger partial charge is 0.499 e. The van der Waals surface area contributed by atoms with Crippen molar-refractivity contribution in [1.82, 2.24) is 10.6 Å². The second-order valence-electron chi connectivity index (χ2n) is 5.95. The number of nitrogens with one attached hydrogen (secondary N) is 2. The molecule has 2 unspecified atom stereocenters. The molecule has 0 radical (unpaired) electrons. The summed E-state index contributed by atoms with van der Waals surface area (Å²) in [5.74, 6) is 3.35. The van der Waals surface area contributed by atoms with Gasteiger partial charge >= 0.3 is 0 Å². The van der Waals surface area contributed by atoms with Crippen LogP contribution < -0.4 is 10.6 Å². The van der Waals surface area contributed by atoms with Gasteiger partial charge in [-0.1, -0.05) is 13.3 Å². The quantitative estimate of drug-likeness (QED) is 0.453. The molecule has 1 heterocycles. The summed E-state index contributed by atoms with van der Waals surface area (Å²) in [6.45, 7) is 2.62. The Kier molecular flexibility index (Phi) is 8.89. The van der Waals surface area contributed by atoms with E-state index in [4.69, 9.17) is 11.2 Å². The first-order valence-electron chi connectivity index (χ1n) is 8.35. The van der Waals surface area contributed by atoms with Crippen molar-refractivity contribution in [1.29, 1.82) is 0 Å². The van der Waals surface area contributed by atoms with Gasteiger partial charge in [0.2, 0.25) is 11.8 Å². The van der Waals surface area contributed by atoms with E-state index in [9.17, 15) is 9.59 Å². The van der Waals surface area contributed by atoms with Crippen molar-refractivity contribution >= 4 is 11.8 Å². The molecule has 2 amide bonds. The second-order valence-corrected chi connectivity index (χ2v) is 5.95. The molecule has 0 aromatic carbocycles. The second kappa shape index (κ2) is 10.7. The lowest BCUT2D eigenvalue weighted by atomic mass is 10.0. The highest BCUT2D eigenvalue weighted by Gasteiger charge is 2.23. The molecule has 1 aliphatic heterocycles. The van der Waals surface area contributed by atoms with Gasteiger partial charge < -0.3 is 15.4 Å². The van der Waals surface area contributed by atoms with Gasteiger partial charge in [-0.2, -0.15) is 0 Å². The van der Waals surface area contributed by atoms with Crippen LogP contribution in [0, 0.1) is 18.3 Å². The molecule has 0 fully saturated rings. The number of methoxy groups -OCH3 is 1. The molecule has 0 saturated heterocycles. The number of rotatable bonds is 11. The molecular formula is C18H28N2O3. The molecule has 128 valence electrons. The number of unbranched alkanes of at least 4 members (excludes halogenated alkanes) is 3. The predicted molar refractivity (Wildman–Crippen MR) is 90.3 cm³/mol. The average molecular weight is 320 g/mol. The van der Waals surface area contributed by atoms with E-state index in [1.54, 1.807) is 7.11 Å². The van der Waals surface area contributed by atoms with Crippen LogP contribution in [0.3, 0.4) is 0 Å². The molecule has 1 rings (SSSR count). The highest BCUT2D eigenvalue weighted by molar-refractivity contribution is 5.91. The van der Waals surface area contributed by atoms with Gasteiger partial charge in [-0.3, -0.25) is 9.59 Å². The van der Waals surface area contributed by atoms with Crippen molar-refractivity contribution in [2.75, 3.05) is 13.7 Å². The number of terminal acetylenes is 1. The summed E-state index contributed by atoms with van der Waals surface area (Å²) < 4.78 is 5.17. The third-order valence-corrected chi connectivity index (χ3v) is 4.04. The van der Waals surface area contributed by atoms with E-state index >= 15 is 0 Å². The van der Waals surface area contributed by atoms with Gasteiger partial charge in [0.1, 0.15) is 5.76 Å². The van der Waals surface area contributed by atoms with E-state index in [0.29, 0.717) is 12.3 Å². The van der Waals surface area contributed by atoms with Crippen molar-refractivity contribution < 1.29 is 14.3 Å². The molecule has 1 aliphatic rings. The van der Waals surface area contributed by atoms with Gasteiger partial charge in [-0.15, -0.1) is 12.3 Å². The number of hydrogen-bond acceptors (Lipinski definition) is 3. The zero-order valence-corrected chi connectivity index (χ0v) is 14.2. The highest BCUT2D eigenvalue weighted by atomic mass is 16.5. The van der Waals surface area contributed by atoms with E-state index < -0.39 is 0 Å². The van der Waals surface area contributed by atoms with Crippen LogP contribution in [-0.4, -0.2) is 31.5 Å². The molecule has 0 bridgehead atoms. The Morgan fingerprint density at radius 3 is 2.91 bits per heavy atom. The third-order valence-electron chi connectivity index (χ3n) is 4.04. The SMILES string of the molecule is C#CCCCCC(C)C(=O)NCCCCC1NC(=O)C=C1OC. The molecule has 0 aromatic heterocycles. The Bertz CT molecular complexity index is 465. The molecule has 23 heavy (non-hydrogen) atoms. The molecular weight excluding hydrogens is 292 g/mol. The van der Waals surface area contributed by atoms with Gasteiger partial charge in [0.25, 0.3) is 0 Å². The van der Waals surface area contributed by atoms with E-state index in [-0.39, 0.29) is 23.8 Å². The first-order chi connectivity index (χ1) is 11.1. The Morgan fingerprint density at radius 1 is 1.43 bits per heavy atom. The maximum Gasteiger partial charge on any atom is 0.248 e. The van der Waals surface area contributed by atoms with Crippen molar-refractivity contribution in [3.8, 4) is 12.3 Å². The van der Waals surface area contributed by atoms with E-state index in [1.807, 2.05) is 6.92 Å². The van der Waals surface area contributed by atoms with Crippen LogP contribution in [0.4, 0.5) is 0 Å². The van der Waals surface area contributed by atoms with Crippen LogP contribution in [0.25, 0.3) is 0 Å². The third kappa shape index (κ3) is 7.23. The minimum absolute atomic E-state index is 0.0294. The highest BCUT2D eigenvalue weighted by Crippen LogP contribution is 2.15. The number of amides is 2. The summed E-state index contributed by atoms with van der Waals surface area (Å²) in [6.07, 6.45) is 13.0. The summed E-state index contributed by atoms with van der Waals surface area (Å²) in [6, 6.07) is -0.0294. The van der Waals surface area contributed by atoms with Crippen molar-refractivity contribution in [2.45, 2.75) is 57.9 Å². The fraction of sp³-hybridized carbons (Fsp3) is 0.667. The van der Waals surface area contributed by atoms with E-state index in [0.717, 1.165) is 44.9 Å². The molecule has 0 saturated carbocycles. The minimum atomic E-state index is -0.0983. The van der Waals surface area contributed by atoms with Gasteiger partial charge in [-0.25, -0.2) is 0 Å². The van der Waals surface area contributed by atoms with E-state index in [1.165, 1.54) is 6.08 Å². The Hall–Kier alpha value is -1.96. The Morgan fingerprint density at radius 2 is 2.22 bits per heavy atom. The van der Waals surface area contributed by atoms with Gasteiger partial charge in [0, 0.05) is 25.0 Å². The summed E-state index contributed by atoms with van der Waals surface area (Å²) in [5, 5.41) is 5.82. The average Bonchev–Trinajstić information content (AvgIpc) is 2.90. The fourth-order valence-electron chi connectivity index (χ4n) is 2.60. The predicted octanol–water partition coefficient (Wildman–Crippen LogP) is 2.13. The number of ether oxygens (including phenoxy) is 1. The van der Waals surface area contributed by atoms with Crippen LogP contribution >= 0.6 is 0 Å². The van der Waals surface area contributed by atoms with Gasteiger partial charge in [0.15, 0.2) is 0 Å². The molecule has 0 spiro atoms. The molecule has 0 aliphatic carbocycles. The molecule has 5 nitrogen and oxygen atoms in total. The Labute approximate surface area is 139 Å². The zero-order valence-electron chi connectivity index (χ0n) is 14.2. The van der Waals surface area contributed by atoms with Crippen LogP contribution in [0.1, 0.15) is 51.9 Å². The molecule has 2 N–H and O–H groups in total.